The fourth-order valence-corrected chi connectivity index (χ4v) is 6.17. The third kappa shape index (κ3) is 1.51. The summed E-state index contributed by atoms with van der Waals surface area (Å²) in [4.78, 5) is 3.06. The topological polar surface area (TPSA) is 106 Å². The van der Waals surface area contributed by atoms with E-state index in [1.807, 2.05) is 6.92 Å². The van der Waals surface area contributed by atoms with Crippen molar-refractivity contribution in [2.75, 3.05) is 6.61 Å². The standard InChI is InChI=1S/C19H26N4O2/c1-12-9-24-19(25-12)18(11-21)16(17(18,10-20)14(22)23-19)7-5-13(6-8-16)15(2,3)4/h12-13H,5-9H2,1-4H3,(H2,22,23)/p+1/t12-,13?,16?,17-,18+,19-/m0/s1. The normalized spacial score (nSPS) is 51.0. The van der Waals surface area contributed by atoms with Gasteiger partial charge in [-0.25, -0.2) is 4.99 Å². The van der Waals surface area contributed by atoms with Gasteiger partial charge in [-0.05, 0) is 43.9 Å². The highest BCUT2D eigenvalue weighted by Gasteiger charge is 3.04. The maximum absolute atomic E-state index is 10.3. The Balaban J connectivity index is 1.78. The molecule has 0 aromatic rings. The fraction of sp³-hybridized carbons (Fsp3) is 0.842. The van der Waals surface area contributed by atoms with Crippen LogP contribution in [0.3, 0.4) is 0 Å². The lowest BCUT2D eigenvalue weighted by Gasteiger charge is -2.40. The van der Waals surface area contributed by atoms with Crippen LogP contribution in [0.1, 0.15) is 53.4 Å². The van der Waals surface area contributed by atoms with Gasteiger partial charge in [-0.1, -0.05) is 20.8 Å². The quantitative estimate of drug-likeness (QED) is 0.676. The van der Waals surface area contributed by atoms with E-state index in [0.717, 1.165) is 25.7 Å². The third-order valence-electron chi connectivity index (χ3n) is 7.42. The van der Waals surface area contributed by atoms with Gasteiger partial charge in [-0.2, -0.15) is 10.5 Å². The van der Waals surface area contributed by atoms with E-state index in [2.05, 4.69) is 37.9 Å². The Bertz CT molecular complexity index is 734. The number of nitrogens with zero attached hydrogens (tertiary/aromatic N) is 2. The van der Waals surface area contributed by atoms with E-state index in [1.165, 1.54) is 0 Å². The number of hydrogen-bond acceptors (Lipinski definition) is 5. The summed E-state index contributed by atoms with van der Waals surface area (Å²) < 4.78 is 12.0. The molecule has 0 amide bonds. The molecule has 4 aliphatic rings. The Morgan fingerprint density at radius 3 is 2.28 bits per heavy atom. The van der Waals surface area contributed by atoms with Crippen molar-refractivity contribution >= 4 is 5.84 Å². The predicted octanol–water partition coefficient (Wildman–Crippen LogP) is 0.783. The van der Waals surface area contributed by atoms with Gasteiger partial charge < -0.3 is 9.47 Å². The van der Waals surface area contributed by atoms with Crippen molar-refractivity contribution < 1.29 is 14.5 Å². The monoisotopic (exact) mass is 343 g/mol. The number of amidine groups is 1. The summed E-state index contributed by atoms with van der Waals surface area (Å²) in [5.41, 5.74) is 3.97. The van der Waals surface area contributed by atoms with Gasteiger partial charge >= 0.3 is 5.91 Å². The maximum Gasteiger partial charge on any atom is 0.343 e. The van der Waals surface area contributed by atoms with E-state index >= 15 is 0 Å². The molecule has 134 valence electrons. The highest BCUT2D eigenvalue weighted by Crippen LogP contribution is 2.87. The second-order valence-electron chi connectivity index (χ2n) is 9.34. The van der Waals surface area contributed by atoms with Crippen LogP contribution in [0.2, 0.25) is 0 Å². The zero-order valence-electron chi connectivity index (χ0n) is 15.5. The smallest absolute Gasteiger partial charge is 0.311 e. The van der Waals surface area contributed by atoms with Crippen LogP contribution in [0.4, 0.5) is 0 Å². The summed E-state index contributed by atoms with van der Waals surface area (Å²) in [6.07, 6.45) is 3.47. The van der Waals surface area contributed by atoms with Crippen molar-refractivity contribution in [3.05, 3.63) is 0 Å². The van der Waals surface area contributed by atoms with E-state index in [9.17, 15) is 10.5 Å². The second kappa shape index (κ2) is 4.55. The average Bonchev–Trinajstić information content (AvgIpc) is 2.74. The third-order valence-corrected chi connectivity index (χ3v) is 7.42. The number of nitriles is 2. The van der Waals surface area contributed by atoms with Crippen molar-refractivity contribution in [3.8, 4) is 12.1 Å². The van der Waals surface area contributed by atoms with Gasteiger partial charge in [-0.3, -0.25) is 5.73 Å². The SMILES string of the molecule is C[C@H]1CO[C@]2([NH+]=C(N)[C@@]3(C#N)C4(CCC(C(C)(C)C)CC4)[C@@]23C#N)O1. The van der Waals surface area contributed by atoms with E-state index < -0.39 is 22.2 Å². The average molecular weight is 343 g/mol. The van der Waals surface area contributed by atoms with Gasteiger partial charge in [0.2, 0.25) is 0 Å². The molecule has 2 aliphatic carbocycles. The minimum absolute atomic E-state index is 0.136. The Labute approximate surface area is 149 Å². The molecule has 0 bridgehead atoms. The molecule has 1 saturated heterocycles. The van der Waals surface area contributed by atoms with Gasteiger partial charge in [-0.15, -0.1) is 0 Å². The zero-order chi connectivity index (χ0) is 18.3. The number of nitrogens with one attached hydrogen (secondary N) is 1. The molecule has 0 unspecified atom stereocenters. The number of ether oxygens (including phenoxy) is 2. The Kier molecular flexibility index (Phi) is 3.06. The Hall–Kier alpha value is -1.63. The minimum atomic E-state index is -1.28. The summed E-state index contributed by atoms with van der Waals surface area (Å²) in [5.74, 6) is -0.351. The van der Waals surface area contributed by atoms with Crippen molar-refractivity contribution in [3.63, 3.8) is 0 Å². The van der Waals surface area contributed by atoms with E-state index in [-0.39, 0.29) is 11.5 Å². The zero-order valence-corrected chi connectivity index (χ0v) is 15.5. The molecule has 3 N–H and O–H groups in total. The van der Waals surface area contributed by atoms with Crippen molar-refractivity contribution in [1.82, 2.24) is 0 Å². The van der Waals surface area contributed by atoms with Crippen LogP contribution in [-0.4, -0.2) is 24.5 Å². The Morgan fingerprint density at radius 2 is 1.84 bits per heavy atom. The fourth-order valence-electron chi connectivity index (χ4n) is 6.17. The first-order valence-corrected chi connectivity index (χ1v) is 9.22. The lowest BCUT2D eigenvalue weighted by molar-refractivity contribution is -0.680. The molecule has 6 heteroatoms. The van der Waals surface area contributed by atoms with Crippen molar-refractivity contribution in [2.45, 2.75) is 65.4 Å². The highest BCUT2D eigenvalue weighted by molar-refractivity contribution is 5.95. The van der Waals surface area contributed by atoms with E-state index in [1.54, 1.807) is 0 Å². The predicted molar refractivity (Wildman–Crippen MR) is 89.3 cm³/mol. The molecule has 2 saturated carbocycles. The van der Waals surface area contributed by atoms with Gasteiger partial charge in [0.25, 0.3) is 5.84 Å². The van der Waals surface area contributed by atoms with Gasteiger partial charge in [0.15, 0.2) is 10.8 Å². The number of fused-ring (bicyclic) bond motifs is 4. The summed E-state index contributed by atoms with van der Waals surface area (Å²) >= 11 is 0. The first-order valence-electron chi connectivity index (χ1n) is 9.22. The first-order chi connectivity index (χ1) is 11.7. The van der Waals surface area contributed by atoms with E-state index in [4.69, 9.17) is 15.2 Å². The van der Waals surface area contributed by atoms with Crippen LogP contribution in [0.25, 0.3) is 0 Å². The molecule has 25 heavy (non-hydrogen) atoms. The van der Waals surface area contributed by atoms with Gasteiger partial charge in [0, 0.05) is 5.41 Å². The molecule has 0 aromatic carbocycles. The number of nitrogens with two attached hydrogens (primary N) is 1. The Morgan fingerprint density at radius 1 is 1.20 bits per heavy atom. The molecule has 2 aliphatic heterocycles. The minimum Gasteiger partial charge on any atom is -0.311 e. The first kappa shape index (κ1) is 16.8. The molecule has 0 radical (unpaired) electrons. The molecular weight excluding hydrogens is 316 g/mol. The molecule has 6 nitrogen and oxygen atoms in total. The maximum atomic E-state index is 10.3. The van der Waals surface area contributed by atoms with Crippen LogP contribution in [-0.2, 0) is 9.47 Å². The summed E-state index contributed by atoms with van der Waals surface area (Å²) in [7, 11) is 0. The van der Waals surface area contributed by atoms with Crippen LogP contribution in [0.5, 0.6) is 0 Å². The van der Waals surface area contributed by atoms with Crippen LogP contribution in [0, 0.1) is 50.2 Å². The summed E-state index contributed by atoms with van der Waals surface area (Å²) in [5, 5.41) is 20.4. The number of hydrogen-bond donors (Lipinski definition) is 2. The largest absolute Gasteiger partial charge is 0.343 e. The van der Waals surface area contributed by atoms with Crippen LogP contribution < -0.4 is 10.7 Å². The molecule has 3 fully saturated rings. The lowest BCUT2D eigenvalue weighted by Crippen LogP contribution is -2.90. The second-order valence-corrected chi connectivity index (χ2v) is 9.34. The van der Waals surface area contributed by atoms with Crippen LogP contribution in [0.15, 0.2) is 0 Å². The lowest BCUT2D eigenvalue weighted by atomic mass is 9.65. The molecule has 4 atom stereocenters. The van der Waals surface area contributed by atoms with Crippen LogP contribution >= 0.6 is 0 Å². The van der Waals surface area contributed by atoms with E-state index in [0.29, 0.717) is 18.4 Å². The molecule has 2 spiro atoms. The summed E-state index contributed by atoms with van der Waals surface area (Å²) in [6.45, 7) is 9.09. The summed E-state index contributed by atoms with van der Waals surface area (Å²) in [6, 6.07) is 4.90. The molecular formula is C19H27N4O2+. The molecule has 4 rings (SSSR count). The van der Waals surface area contributed by atoms with Crippen molar-refractivity contribution in [1.29, 1.82) is 10.5 Å². The highest BCUT2D eigenvalue weighted by atomic mass is 16.8. The molecule has 0 aromatic heterocycles. The molecule has 2 heterocycles. The number of rotatable bonds is 0. The van der Waals surface area contributed by atoms with Crippen molar-refractivity contribution in [2.24, 2.45) is 33.3 Å². The van der Waals surface area contributed by atoms with Gasteiger partial charge in [0.05, 0.1) is 24.8 Å². The van der Waals surface area contributed by atoms with Gasteiger partial charge in [0.1, 0.15) is 0 Å².